The van der Waals surface area contributed by atoms with Crippen LogP contribution < -0.4 is 14.5 Å². The SMILES string of the molecule is CCN(CC)c1ccc(C2/C(=C(/O)c3ccc(C)cc3)C(=O)C(=O)N2c2ccccc2OC)cc1. The second-order valence-electron chi connectivity index (χ2n) is 8.47. The van der Waals surface area contributed by atoms with Gasteiger partial charge < -0.3 is 14.7 Å². The van der Waals surface area contributed by atoms with Crippen LogP contribution in [0.3, 0.4) is 0 Å². The molecule has 3 aromatic carbocycles. The third-order valence-corrected chi connectivity index (χ3v) is 6.45. The molecule has 1 saturated heterocycles. The Balaban J connectivity index is 1.92. The number of aliphatic hydroxyl groups excluding tert-OH is 1. The van der Waals surface area contributed by atoms with Crippen molar-refractivity contribution in [2.24, 2.45) is 0 Å². The maximum atomic E-state index is 13.4. The van der Waals surface area contributed by atoms with Gasteiger partial charge in [0, 0.05) is 24.3 Å². The Bertz CT molecular complexity index is 1260. The van der Waals surface area contributed by atoms with Crippen LogP contribution in [0.1, 0.15) is 36.6 Å². The lowest BCUT2D eigenvalue weighted by molar-refractivity contribution is -0.132. The van der Waals surface area contributed by atoms with E-state index in [4.69, 9.17) is 4.74 Å². The predicted octanol–water partition coefficient (Wildman–Crippen LogP) is 5.48. The van der Waals surface area contributed by atoms with E-state index in [1.165, 1.54) is 12.0 Å². The first-order valence-electron chi connectivity index (χ1n) is 11.8. The highest BCUT2D eigenvalue weighted by atomic mass is 16.5. The predicted molar refractivity (Wildman–Crippen MR) is 139 cm³/mol. The molecular weight excluding hydrogens is 440 g/mol. The van der Waals surface area contributed by atoms with Crippen molar-refractivity contribution in [2.75, 3.05) is 30.0 Å². The molecule has 0 bridgehead atoms. The summed E-state index contributed by atoms with van der Waals surface area (Å²) in [5, 5.41) is 11.3. The van der Waals surface area contributed by atoms with E-state index in [2.05, 4.69) is 18.7 Å². The monoisotopic (exact) mass is 470 g/mol. The van der Waals surface area contributed by atoms with Crippen molar-refractivity contribution < 1.29 is 19.4 Å². The third kappa shape index (κ3) is 4.39. The van der Waals surface area contributed by atoms with Gasteiger partial charge in [0.2, 0.25) is 0 Å². The summed E-state index contributed by atoms with van der Waals surface area (Å²) < 4.78 is 5.51. The van der Waals surface area contributed by atoms with Crippen molar-refractivity contribution in [1.82, 2.24) is 0 Å². The van der Waals surface area contributed by atoms with Gasteiger partial charge in [-0.3, -0.25) is 14.5 Å². The van der Waals surface area contributed by atoms with Crippen LogP contribution in [-0.4, -0.2) is 37.0 Å². The number of hydrogen-bond donors (Lipinski definition) is 1. The van der Waals surface area contributed by atoms with Crippen molar-refractivity contribution in [3.63, 3.8) is 0 Å². The van der Waals surface area contributed by atoms with Crippen LogP contribution in [-0.2, 0) is 9.59 Å². The molecule has 0 aromatic heterocycles. The molecule has 1 N–H and O–H groups in total. The van der Waals surface area contributed by atoms with Crippen LogP contribution in [0.15, 0.2) is 78.4 Å². The molecule has 4 rings (SSSR count). The Morgan fingerprint density at radius 1 is 0.943 bits per heavy atom. The topological polar surface area (TPSA) is 70.1 Å². The number of carbonyl (C=O) groups excluding carboxylic acids is 2. The van der Waals surface area contributed by atoms with Gasteiger partial charge >= 0.3 is 0 Å². The highest BCUT2D eigenvalue weighted by molar-refractivity contribution is 6.51. The molecule has 1 aliphatic rings. The number of ether oxygens (including phenoxy) is 1. The number of aliphatic hydroxyl groups is 1. The van der Waals surface area contributed by atoms with Gasteiger partial charge in [-0.15, -0.1) is 0 Å². The van der Waals surface area contributed by atoms with E-state index >= 15 is 0 Å². The van der Waals surface area contributed by atoms with Crippen molar-refractivity contribution >= 4 is 28.8 Å². The number of para-hydroxylation sites is 2. The van der Waals surface area contributed by atoms with E-state index in [1.54, 1.807) is 36.4 Å². The third-order valence-electron chi connectivity index (χ3n) is 6.45. The summed E-state index contributed by atoms with van der Waals surface area (Å²) in [7, 11) is 1.52. The lowest BCUT2D eigenvalue weighted by Gasteiger charge is -2.27. The fourth-order valence-corrected chi connectivity index (χ4v) is 4.55. The molecule has 180 valence electrons. The lowest BCUT2D eigenvalue weighted by atomic mass is 9.94. The molecule has 1 atom stereocenters. The Morgan fingerprint density at radius 3 is 2.17 bits per heavy atom. The van der Waals surface area contributed by atoms with E-state index in [-0.39, 0.29) is 11.3 Å². The number of benzene rings is 3. The number of aryl methyl sites for hydroxylation is 1. The van der Waals surface area contributed by atoms with Crippen LogP contribution in [0, 0.1) is 6.92 Å². The highest BCUT2D eigenvalue weighted by Gasteiger charge is 2.47. The zero-order chi connectivity index (χ0) is 25.1. The standard InChI is InChI=1S/C29H30N2O4/c1-5-30(6-2)22-17-15-20(16-18-22)26-25(27(32)21-13-11-19(3)12-14-21)28(33)29(34)31(26)23-9-7-8-10-24(23)35-4/h7-18,26,32H,5-6H2,1-4H3/b27-25-. The van der Waals surface area contributed by atoms with E-state index in [0.717, 1.165) is 29.9 Å². The molecule has 6 heteroatoms. The van der Waals surface area contributed by atoms with Crippen molar-refractivity contribution in [2.45, 2.75) is 26.8 Å². The van der Waals surface area contributed by atoms with Crippen molar-refractivity contribution in [3.8, 4) is 5.75 Å². The van der Waals surface area contributed by atoms with Gasteiger partial charge in [0.15, 0.2) is 0 Å². The molecule has 1 amide bonds. The largest absolute Gasteiger partial charge is 0.507 e. The summed E-state index contributed by atoms with van der Waals surface area (Å²) in [6.07, 6.45) is 0. The van der Waals surface area contributed by atoms with E-state index in [0.29, 0.717) is 17.0 Å². The van der Waals surface area contributed by atoms with Gasteiger partial charge in [0.1, 0.15) is 11.5 Å². The first-order chi connectivity index (χ1) is 16.9. The highest BCUT2D eigenvalue weighted by Crippen LogP contribution is 2.45. The average molecular weight is 471 g/mol. The molecule has 35 heavy (non-hydrogen) atoms. The van der Waals surface area contributed by atoms with Crippen LogP contribution in [0.25, 0.3) is 5.76 Å². The number of amides is 1. The van der Waals surface area contributed by atoms with Crippen molar-refractivity contribution in [1.29, 1.82) is 0 Å². The molecule has 1 heterocycles. The Hall–Kier alpha value is -4.06. The molecule has 1 unspecified atom stereocenters. The molecule has 1 fully saturated rings. The average Bonchev–Trinajstić information content (AvgIpc) is 3.15. The number of ketones is 1. The number of methoxy groups -OCH3 is 1. The zero-order valence-corrected chi connectivity index (χ0v) is 20.5. The number of carbonyl (C=O) groups is 2. The van der Waals surface area contributed by atoms with Gasteiger partial charge in [-0.2, -0.15) is 0 Å². The smallest absolute Gasteiger partial charge is 0.300 e. The Morgan fingerprint density at radius 2 is 1.57 bits per heavy atom. The van der Waals surface area contributed by atoms with Crippen LogP contribution in [0.2, 0.25) is 0 Å². The van der Waals surface area contributed by atoms with E-state index in [9.17, 15) is 14.7 Å². The second kappa shape index (κ2) is 10.1. The Labute approximate surface area is 206 Å². The number of hydrogen-bond acceptors (Lipinski definition) is 5. The van der Waals surface area contributed by atoms with Gasteiger partial charge in [-0.1, -0.05) is 54.1 Å². The number of Topliss-reactive ketones (excluding diaryl/α,β-unsaturated/α-hetero) is 1. The van der Waals surface area contributed by atoms with Gasteiger partial charge in [-0.05, 0) is 50.6 Å². The minimum atomic E-state index is -0.807. The van der Waals surface area contributed by atoms with Crippen molar-refractivity contribution in [3.05, 3.63) is 95.1 Å². The first kappa shape index (κ1) is 24.1. The molecule has 1 aliphatic heterocycles. The number of rotatable bonds is 7. The van der Waals surface area contributed by atoms with E-state index < -0.39 is 17.7 Å². The van der Waals surface area contributed by atoms with Crippen LogP contribution in [0.5, 0.6) is 5.75 Å². The van der Waals surface area contributed by atoms with Gasteiger partial charge in [0.25, 0.3) is 11.7 Å². The fraction of sp³-hybridized carbons (Fsp3) is 0.241. The summed E-state index contributed by atoms with van der Waals surface area (Å²) in [6, 6.07) is 21.3. The number of anilines is 2. The summed E-state index contributed by atoms with van der Waals surface area (Å²) in [6.45, 7) is 7.86. The molecule has 0 saturated carbocycles. The Kier molecular flexibility index (Phi) is 6.92. The maximum absolute atomic E-state index is 13.4. The minimum absolute atomic E-state index is 0.0559. The molecule has 3 aromatic rings. The summed E-state index contributed by atoms with van der Waals surface area (Å²) in [5.74, 6) is -1.17. The lowest BCUT2D eigenvalue weighted by Crippen LogP contribution is -2.30. The normalized spacial score (nSPS) is 17.0. The zero-order valence-electron chi connectivity index (χ0n) is 20.5. The minimum Gasteiger partial charge on any atom is -0.507 e. The van der Waals surface area contributed by atoms with Crippen LogP contribution in [0.4, 0.5) is 11.4 Å². The molecule has 0 spiro atoms. The molecule has 0 aliphatic carbocycles. The number of nitrogens with zero attached hydrogens (tertiary/aromatic N) is 2. The molecule has 6 nitrogen and oxygen atoms in total. The summed E-state index contributed by atoms with van der Waals surface area (Å²) in [4.78, 5) is 30.4. The second-order valence-corrected chi connectivity index (χ2v) is 8.47. The maximum Gasteiger partial charge on any atom is 0.300 e. The van der Waals surface area contributed by atoms with Crippen LogP contribution >= 0.6 is 0 Å². The van der Waals surface area contributed by atoms with E-state index in [1.807, 2.05) is 43.3 Å². The molecular formula is C29H30N2O4. The first-order valence-corrected chi connectivity index (χ1v) is 11.8. The van der Waals surface area contributed by atoms with Gasteiger partial charge in [0.05, 0.1) is 24.4 Å². The molecule has 0 radical (unpaired) electrons. The van der Waals surface area contributed by atoms with Gasteiger partial charge in [-0.25, -0.2) is 0 Å². The summed E-state index contributed by atoms with van der Waals surface area (Å²) >= 11 is 0. The summed E-state index contributed by atoms with van der Waals surface area (Å²) in [5.41, 5.74) is 3.81. The quantitative estimate of drug-likeness (QED) is 0.281. The fourth-order valence-electron chi connectivity index (χ4n) is 4.55.